The third-order valence-corrected chi connectivity index (χ3v) is 4.39. The number of aliphatic hydroxyl groups excluding tert-OH is 1. The van der Waals surface area contributed by atoms with Gasteiger partial charge in [0.2, 0.25) is 0 Å². The average Bonchev–Trinajstić information content (AvgIpc) is 3.03. The van der Waals surface area contributed by atoms with Crippen molar-refractivity contribution < 1.29 is 14.6 Å². The van der Waals surface area contributed by atoms with E-state index in [0.29, 0.717) is 12.5 Å². The highest BCUT2D eigenvalue weighted by Crippen LogP contribution is 2.21. The number of ether oxygens (including phenoxy) is 1. The normalized spacial score (nSPS) is 19.0. The number of carbonyl (C=O) groups is 1. The number of nitrogens with zero attached hydrogens (tertiary/aromatic N) is 1. The van der Waals surface area contributed by atoms with Crippen molar-refractivity contribution in [1.29, 1.82) is 0 Å². The van der Waals surface area contributed by atoms with Crippen molar-refractivity contribution in [3.8, 4) is 5.75 Å². The van der Waals surface area contributed by atoms with Crippen LogP contribution in [0.3, 0.4) is 0 Å². The molecule has 2 N–H and O–H groups in total. The Morgan fingerprint density at radius 1 is 1.45 bits per heavy atom. The zero-order chi connectivity index (χ0) is 15.9. The highest BCUT2D eigenvalue weighted by Gasteiger charge is 2.27. The molecule has 0 unspecified atom stereocenters. The molecule has 1 aromatic rings. The quantitative estimate of drug-likeness (QED) is 0.848. The van der Waals surface area contributed by atoms with Gasteiger partial charge in [-0.15, -0.1) is 0 Å². The summed E-state index contributed by atoms with van der Waals surface area (Å²) in [5.74, 6) is 1.23. The van der Waals surface area contributed by atoms with Crippen LogP contribution >= 0.6 is 0 Å². The van der Waals surface area contributed by atoms with E-state index in [1.165, 1.54) is 5.56 Å². The molecule has 1 heterocycles. The summed E-state index contributed by atoms with van der Waals surface area (Å²) in [6.45, 7) is 3.59. The molecule has 0 aliphatic carbocycles. The van der Waals surface area contributed by atoms with E-state index >= 15 is 0 Å². The van der Waals surface area contributed by atoms with Gasteiger partial charge in [0.1, 0.15) is 5.75 Å². The molecule has 0 spiro atoms. The Bertz CT molecular complexity index is 475. The van der Waals surface area contributed by atoms with E-state index in [0.717, 1.165) is 31.6 Å². The van der Waals surface area contributed by atoms with E-state index in [4.69, 9.17) is 4.74 Å². The van der Waals surface area contributed by atoms with Crippen LogP contribution in [-0.4, -0.2) is 48.9 Å². The average molecular weight is 306 g/mol. The van der Waals surface area contributed by atoms with Gasteiger partial charge >= 0.3 is 6.03 Å². The fourth-order valence-electron chi connectivity index (χ4n) is 2.89. The van der Waals surface area contributed by atoms with Crippen molar-refractivity contribution in [2.45, 2.75) is 38.1 Å². The fourth-order valence-corrected chi connectivity index (χ4v) is 2.89. The van der Waals surface area contributed by atoms with Gasteiger partial charge in [-0.2, -0.15) is 0 Å². The molecular formula is C17H26N2O3. The van der Waals surface area contributed by atoms with E-state index in [1.54, 1.807) is 12.0 Å². The van der Waals surface area contributed by atoms with E-state index in [1.807, 2.05) is 12.1 Å². The molecule has 1 saturated heterocycles. The number of rotatable bonds is 6. The topological polar surface area (TPSA) is 61.8 Å². The van der Waals surface area contributed by atoms with Crippen molar-refractivity contribution in [2.24, 2.45) is 0 Å². The van der Waals surface area contributed by atoms with Crippen molar-refractivity contribution >= 4 is 6.03 Å². The Morgan fingerprint density at radius 3 is 2.82 bits per heavy atom. The third kappa shape index (κ3) is 4.13. The smallest absolute Gasteiger partial charge is 0.317 e. The summed E-state index contributed by atoms with van der Waals surface area (Å²) < 4.78 is 5.16. The maximum atomic E-state index is 12.1. The summed E-state index contributed by atoms with van der Waals surface area (Å²) in [7, 11) is 1.66. The first-order valence-electron chi connectivity index (χ1n) is 7.95. The molecule has 2 rings (SSSR count). The number of methoxy groups -OCH3 is 1. The van der Waals surface area contributed by atoms with Gasteiger partial charge in [0.25, 0.3) is 0 Å². The largest absolute Gasteiger partial charge is 0.497 e. The summed E-state index contributed by atoms with van der Waals surface area (Å²) in [6, 6.07) is 7.97. The molecule has 122 valence electrons. The Balaban J connectivity index is 1.76. The predicted octanol–water partition coefficient (Wildman–Crippen LogP) is 2.36. The van der Waals surface area contributed by atoms with Crippen molar-refractivity contribution in [2.75, 3.05) is 26.8 Å². The molecule has 0 bridgehead atoms. The number of carbonyl (C=O) groups excluding carboxylic acids is 1. The van der Waals surface area contributed by atoms with Crippen LogP contribution in [-0.2, 0) is 0 Å². The molecule has 5 heteroatoms. The van der Waals surface area contributed by atoms with Gasteiger partial charge in [-0.3, -0.25) is 0 Å². The van der Waals surface area contributed by atoms with Crippen molar-refractivity contribution in [3.05, 3.63) is 29.8 Å². The summed E-state index contributed by atoms with van der Waals surface area (Å²) in [5, 5.41) is 12.2. The lowest BCUT2D eigenvalue weighted by Crippen LogP contribution is -2.44. The second-order valence-electron chi connectivity index (χ2n) is 5.87. The molecule has 1 aliphatic rings. The molecule has 22 heavy (non-hydrogen) atoms. The number of hydrogen-bond donors (Lipinski definition) is 2. The zero-order valence-electron chi connectivity index (χ0n) is 13.4. The standard InChI is InChI=1S/C17H26N2O3/c1-13(14-5-7-16(22-2)8-6-14)9-10-18-17(21)19-11-3-4-15(19)12-20/h5-8,13,15,20H,3-4,9-12H2,1-2H3,(H,18,21)/t13-,15-/m1/s1. The van der Waals surface area contributed by atoms with Crippen molar-refractivity contribution in [1.82, 2.24) is 10.2 Å². The minimum absolute atomic E-state index is 0.0148. The maximum Gasteiger partial charge on any atom is 0.317 e. The molecule has 2 atom stereocenters. The van der Waals surface area contributed by atoms with Crippen LogP contribution < -0.4 is 10.1 Å². The van der Waals surface area contributed by atoms with Gasteiger partial charge < -0.3 is 20.1 Å². The van der Waals surface area contributed by atoms with Gasteiger partial charge in [-0.1, -0.05) is 19.1 Å². The number of urea groups is 1. The Kier molecular flexibility index (Phi) is 6.07. The zero-order valence-corrected chi connectivity index (χ0v) is 13.4. The Morgan fingerprint density at radius 2 is 2.18 bits per heavy atom. The van der Waals surface area contributed by atoms with E-state index < -0.39 is 0 Å². The minimum atomic E-state index is -0.0570. The van der Waals surface area contributed by atoms with Crippen LogP contribution in [0.5, 0.6) is 5.75 Å². The lowest BCUT2D eigenvalue weighted by Gasteiger charge is -2.23. The van der Waals surface area contributed by atoms with Crippen LogP contribution in [0.4, 0.5) is 4.79 Å². The summed E-state index contributed by atoms with van der Waals surface area (Å²) in [4.78, 5) is 13.9. The Hall–Kier alpha value is -1.75. The molecule has 1 aliphatic heterocycles. The second kappa shape index (κ2) is 8.03. The van der Waals surface area contributed by atoms with E-state index in [-0.39, 0.29) is 18.7 Å². The molecular weight excluding hydrogens is 280 g/mol. The summed E-state index contributed by atoms with van der Waals surface area (Å²) in [5.41, 5.74) is 1.24. The lowest BCUT2D eigenvalue weighted by atomic mass is 9.98. The monoisotopic (exact) mass is 306 g/mol. The summed E-state index contributed by atoms with van der Waals surface area (Å²) in [6.07, 6.45) is 2.75. The number of amides is 2. The molecule has 2 amide bonds. The second-order valence-corrected chi connectivity index (χ2v) is 5.87. The van der Waals surface area contributed by atoms with Crippen molar-refractivity contribution in [3.63, 3.8) is 0 Å². The van der Waals surface area contributed by atoms with Gasteiger partial charge in [-0.25, -0.2) is 4.79 Å². The highest BCUT2D eigenvalue weighted by atomic mass is 16.5. The van der Waals surface area contributed by atoms with Crippen LogP contribution in [0.25, 0.3) is 0 Å². The first kappa shape index (κ1) is 16.6. The number of aliphatic hydroxyl groups is 1. The first-order valence-corrected chi connectivity index (χ1v) is 7.95. The van der Waals surface area contributed by atoms with Gasteiger partial charge in [0, 0.05) is 13.1 Å². The molecule has 1 aromatic carbocycles. The third-order valence-electron chi connectivity index (χ3n) is 4.39. The summed E-state index contributed by atoms with van der Waals surface area (Å²) >= 11 is 0. The Labute approximate surface area is 132 Å². The van der Waals surface area contributed by atoms with Gasteiger partial charge in [-0.05, 0) is 42.9 Å². The minimum Gasteiger partial charge on any atom is -0.497 e. The number of hydrogen-bond acceptors (Lipinski definition) is 3. The number of benzene rings is 1. The van der Waals surface area contributed by atoms with Gasteiger partial charge in [0.15, 0.2) is 0 Å². The molecule has 0 radical (unpaired) electrons. The SMILES string of the molecule is COc1ccc([C@H](C)CCNC(=O)N2CCC[C@@H]2CO)cc1. The van der Waals surface area contributed by atoms with E-state index in [9.17, 15) is 9.90 Å². The highest BCUT2D eigenvalue weighted by molar-refractivity contribution is 5.74. The van der Waals surface area contributed by atoms with E-state index in [2.05, 4.69) is 24.4 Å². The van der Waals surface area contributed by atoms with Crippen LogP contribution in [0, 0.1) is 0 Å². The molecule has 1 fully saturated rings. The van der Waals surface area contributed by atoms with Crippen LogP contribution in [0.1, 0.15) is 37.7 Å². The number of likely N-dealkylation sites (tertiary alicyclic amines) is 1. The van der Waals surface area contributed by atoms with Crippen LogP contribution in [0.2, 0.25) is 0 Å². The first-order chi connectivity index (χ1) is 10.7. The predicted molar refractivity (Wildman–Crippen MR) is 86.2 cm³/mol. The number of nitrogens with one attached hydrogen (secondary N) is 1. The van der Waals surface area contributed by atoms with Gasteiger partial charge in [0.05, 0.1) is 19.8 Å². The molecule has 0 saturated carbocycles. The van der Waals surface area contributed by atoms with Crippen LogP contribution in [0.15, 0.2) is 24.3 Å². The fraction of sp³-hybridized carbons (Fsp3) is 0.588. The molecule has 5 nitrogen and oxygen atoms in total. The lowest BCUT2D eigenvalue weighted by molar-refractivity contribution is 0.157. The maximum absolute atomic E-state index is 12.1. The molecule has 0 aromatic heterocycles.